The van der Waals surface area contributed by atoms with Gasteiger partial charge in [-0.1, -0.05) is 12.1 Å². The minimum atomic E-state index is -4.17. The average molecular weight is 371 g/mol. The van der Waals surface area contributed by atoms with Gasteiger partial charge in [-0.3, -0.25) is 4.90 Å². The molecule has 0 saturated carbocycles. The number of rotatable bonds is 5. The van der Waals surface area contributed by atoms with Crippen LogP contribution in [0.5, 0.6) is 0 Å². The van der Waals surface area contributed by atoms with Gasteiger partial charge in [0.25, 0.3) is 0 Å². The summed E-state index contributed by atoms with van der Waals surface area (Å²) < 4.78 is 37.8. The minimum absolute atomic E-state index is 0.313. The Morgan fingerprint density at radius 2 is 2.20 bits per heavy atom. The molecule has 0 radical (unpaired) electrons. The van der Waals surface area contributed by atoms with Gasteiger partial charge in [0, 0.05) is 25.0 Å². The number of halogens is 3. The molecule has 0 fully saturated rings. The Balaban J connectivity index is 1.67. The third-order valence-corrected chi connectivity index (χ3v) is 5.33. The molecule has 1 aliphatic rings. The van der Waals surface area contributed by atoms with E-state index in [2.05, 4.69) is 10.3 Å². The lowest BCUT2D eigenvalue weighted by molar-refractivity contribution is -0.147. The quantitative estimate of drug-likeness (QED) is 0.841. The van der Waals surface area contributed by atoms with E-state index < -0.39 is 18.8 Å². The van der Waals surface area contributed by atoms with E-state index in [0.717, 1.165) is 26.7 Å². The molecular formula is C17H20F3N3OS. The average Bonchev–Trinajstić information content (AvgIpc) is 3.00. The number of fused-ring (bicyclic) bond motifs is 1. The topological polar surface area (TPSA) is 48.4 Å². The Hall–Kier alpha value is -1.64. The molecule has 25 heavy (non-hydrogen) atoms. The van der Waals surface area contributed by atoms with Gasteiger partial charge in [-0.25, -0.2) is 4.98 Å². The predicted molar refractivity (Wildman–Crippen MR) is 91.6 cm³/mol. The monoisotopic (exact) mass is 371 g/mol. The first-order valence-electron chi connectivity index (χ1n) is 8.08. The minimum Gasteiger partial charge on any atom is -0.388 e. The highest BCUT2D eigenvalue weighted by Gasteiger charge is 2.32. The Morgan fingerprint density at radius 3 is 2.88 bits per heavy atom. The summed E-state index contributed by atoms with van der Waals surface area (Å²) in [4.78, 5) is 6.53. The van der Waals surface area contributed by atoms with E-state index in [-0.39, 0.29) is 0 Å². The van der Waals surface area contributed by atoms with Crippen LogP contribution in [0.15, 0.2) is 24.4 Å². The summed E-state index contributed by atoms with van der Waals surface area (Å²) in [5.41, 5.74) is 2.95. The van der Waals surface area contributed by atoms with E-state index in [9.17, 15) is 18.3 Å². The van der Waals surface area contributed by atoms with Crippen molar-refractivity contribution in [1.82, 2.24) is 9.88 Å². The lowest BCUT2D eigenvalue weighted by Gasteiger charge is -2.30. The van der Waals surface area contributed by atoms with Gasteiger partial charge < -0.3 is 10.4 Å². The van der Waals surface area contributed by atoms with Crippen molar-refractivity contribution >= 4 is 17.0 Å². The summed E-state index contributed by atoms with van der Waals surface area (Å²) in [5, 5.41) is 13.7. The Bertz CT molecular complexity index is 730. The van der Waals surface area contributed by atoms with E-state index in [1.165, 1.54) is 16.2 Å². The molecule has 0 spiro atoms. The van der Waals surface area contributed by atoms with Crippen LogP contribution in [0, 0.1) is 0 Å². The third kappa shape index (κ3) is 4.71. The molecule has 2 N–H and O–H groups in total. The Morgan fingerprint density at radius 1 is 1.40 bits per heavy atom. The Kier molecular flexibility index (Phi) is 5.31. The first kappa shape index (κ1) is 18.2. The van der Waals surface area contributed by atoms with Crippen molar-refractivity contribution < 1.29 is 18.3 Å². The highest BCUT2D eigenvalue weighted by atomic mass is 32.1. The molecule has 8 heteroatoms. The summed E-state index contributed by atoms with van der Waals surface area (Å²) in [7, 11) is 0. The SMILES string of the molecule is C[C@H](O)c1cnc(CNc2cccc3c2CCN(CC(F)(F)F)C3)s1. The summed E-state index contributed by atoms with van der Waals surface area (Å²) in [6.07, 6.45) is -2.44. The fourth-order valence-corrected chi connectivity index (χ4v) is 3.79. The maximum absolute atomic E-state index is 12.6. The molecule has 2 heterocycles. The van der Waals surface area contributed by atoms with Gasteiger partial charge in [0.05, 0.1) is 24.1 Å². The second-order valence-corrected chi connectivity index (χ2v) is 7.35. The van der Waals surface area contributed by atoms with Crippen LogP contribution >= 0.6 is 11.3 Å². The molecule has 1 aromatic carbocycles. The van der Waals surface area contributed by atoms with Crippen LogP contribution in [-0.4, -0.2) is 34.3 Å². The van der Waals surface area contributed by atoms with Crippen molar-refractivity contribution in [2.45, 2.75) is 38.7 Å². The largest absolute Gasteiger partial charge is 0.401 e. The van der Waals surface area contributed by atoms with Gasteiger partial charge in [-0.2, -0.15) is 13.2 Å². The number of benzene rings is 1. The molecular weight excluding hydrogens is 351 g/mol. The molecule has 0 saturated heterocycles. The summed E-state index contributed by atoms with van der Waals surface area (Å²) in [6, 6.07) is 5.70. The normalized spacial score (nSPS) is 16.5. The van der Waals surface area contributed by atoms with Crippen LogP contribution in [-0.2, 0) is 19.5 Å². The highest BCUT2D eigenvalue weighted by Crippen LogP contribution is 2.29. The number of hydrogen-bond donors (Lipinski definition) is 2. The second-order valence-electron chi connectivity index (χ2n) is 6.20. The molecule has 1 atom stereocenters. The van der Waals surface area contributed by atoms with Gasteiger partial charge in [0.2, 0.25) is 0 Å². The number of aliphatic hydroxyl groups is 1. The van der Waals surface area contributed by atoms with Crippen LogP contribution in [0.4, 0.5) is 18.9 Å². The summed E-state index contributed by atoms with van der Waals surface area (Å²) in [5.74, 6) is 0. The zero-order chi connectivity index (χ0) is 18.0. The second kappa shape index (κ2) is 7.31. The summed E-state index contributed by atoms with van der Waals surface area (Å²) in [6.45, 7) is 2.07. The van der Waals surface area contributed by atoms with Crippen molar-refractivity contribution in [3.63, 3.8) is 0 Å². The van der Waals surface area contributed by atoms with E-state index >= 15 is 0 Å². The van der Waals surface area contributed by atoms with Crippen molar-refractivity contribution in [3.8, 4) is 0 Å². The van der Waals surface area contributed by atoms with Crippen molar-refractivity contribution in [2.24, 2.45) is 0 Å². The number of aliphatic hydroxyl groups excluding tert-OH is 1. The molecule has 2 aromatic rings. The van der Waals surface area contributed by atoms with Crippen molar-refractivity contribution in [1.29, 1.82) is 0 Å². The predicted octanol–water partition coefficient (Wildman–Crippen LogP) is 3.73. The van der Waals surface area contributed by atoms with Crippen LogP contribution < -0.4 is 5.32 Å². The third-order valence-electron chi connectivity index (χ3n) is 4.16. The number of thiazole rings is 1. The lowest BCUT2D eigenvalue weighted by atomic mass is 9.97. The summed E-state index contributed by atoms with van der Waals surface area (Å²) >= 11 is 1.45. The zero-order valence-electron chi connectivity index (χ0n) is 13.8. The first-order chi connectivity index (χ1) is 11.8. The maximum Gasteiger partial charge on any atom is 0.401 e. The van der Waals surface area contributed by atoms with Crippen LogP contribution in [0.2, 0.25) is 0 Å². The van der Waals surface area contributed by atoms with Crippen molar-refractivity contribution in [2.75, 3.05) is 18.4 Å². The number of hydrogen-bond acceptors (Lipinski definition) is 5. The number of anilines is 1. The van der Waals surface area contributed by atoms with Gasteiger partial charge in [0.15, 0.2) is 0 Å². The van der Waals surface area contributed by atoms with Gasteiger partial charge in [-0.15, -0.1) is 11.3 Å². The highest BCUT2D eigenvalue weighted by molar-refractivity contribution is 7.11. The molecule has 0 amide bonds. The van der Waals surface area contributed by atoms with E-state index in [4.69, 9.17) is 0 Å². The number of nitrogens with zero attached hydrogens (tertiary/aromatic N) is 2. The van der Waals surface area contributed by atoms with E-state index in [1.807, 2.05) is 18.2 Å². The molecule has 136 valence electrons. The maximum atomic E-state index is 12.6. The van der Waals surface area contributed by atoms with Crippen LogP contribution in [0.3, 0.4) is 0 Å². The van der Waals surface area contributed by atoms with E-state index in [0.29, 0.717) is 26.1 Å². The standard InChI is InChI=1S/C17H20F3N3OS/c1-11(24)15-7-22-16(25-15)8-21-14-4-2-3-12-9-23(6-5-13(12)14)10-17(18,19)20/h2-4,7,11,21,24H,5-6,8-10H2,1H3/t11-/m0/s1. The van der Waals surface area contributed by atoms with Crippen LogP contribution in [0.25, 0.3) is 0 Å². The lowest BCUT2D eigenvalue weighted by Crippen LogP contribution is -2.38. The van der Waals surface area contributed by atoms with E-state index in [1.54, 1.807) is 13.1 Å². The molecule has 3 rings (SSSR count). The molecule has 1 aromatic heterocycles. The fourth-order valence-electron chi connectivity index (χ4n) is 2.99. The van der Waals surface area contributed by atoms with Crippen LogP contribution in [0.1, 0.15) is 34.0 Å². The number of alkyl halides is 3. The number of aromatic nitrogens is 1. The molecule has 0 aliphatic carbocycles. The van der Waals surface area contributed by atoms with Crippen molar-refractivity contribution in [3.05, 3.63) is 45.4 Å². The molecule has 0 unspecified atom stereocenters. The molecule has 1 aliphatic heterocycles. The smallest absolute Gasteiger partial charge is 0.388 e. The van der Waals surface area contributed by atoms with Gasteiger partial charge >= 0.3 is 6.18 Å². The molecule has 4 nitrogen and oxygen atoms in total. The van der Waals surface area contributed by atoms with Gasteiger partial charge in [0.1, 0.15) is 5.01 Å². The fraction of sp³-hybridized carbons (Fsp3) is 0.471. The Labute approximate surface area is 148 Å². The zero-order valence-corrected chi connectivity index (χ0v) is 14.6. The first-order valence-corrected chi connectivity index (χ1v) is 8.90. The van der Waals surface area contributed by atoms with Gasteiger partial charge in [-0.05, 0) is 30.5 Å². The number of nitrogens with one attached hydrogen (secondary N) is 1. The molecule has 0 bridgehead atoms.